The molecule has 8 heteroatoms. The van der Waals surface area contributed by atoms with E-state index in [1.54, 1.807) is 17.0 Å². The van der Waals surface area contributed by atoms with Crippen molar-refractivity contribution in [3.63, 3.8) is 0 Å². The Morgan fingerprint density at radius 3 is 2.64 bits per heavy atom. The molecule has 1 fully saturated rings. The number of fused-ring (bicyclic) bond motifs is 1. The summed E-state index contributed by atoms with van der Waals surface area (Å²) in [5, 5.41) is 9.57. The van der Waals surface area contributed by atoms with Gasteiger partial charge in [0.05, 0.1) is 35.1 Å². The maximum Gasteiger partial charge on any atom is 0.303 e. The van der Waals surface area contributed by atoms with E-state index in [9.17, 15) is 9.59 Å². The molecule has 0 aliphatic carbocycles. The Labute approximate surface area is 197 Å². The maximum absolute atomic E-state index is 13.0. The van der Waals surface area contributed by atoms with Gasteiger partial charge in [-0.05, 0) is 56.5 Å². The molecule has 1 aliphatic heterocycles. The maximum atomic E-state index is 13.0. The van der Waals surface area contributed by atoms with Crippen molar-refractivity contribution in [2.45, 2.75) is 38.7 Å². The van der Waals surface area contributed by atoms with E-state index >= 15 is 0 Å². The summed E-state index contributed by atoms with van der Waals surface area (Å²) in [7, 11) is 0. The molecule has 0 radical (unpaired) electrons. The second-order valence-electron chi connectivity index (χ2n) is 8.26. The van der Waals surface area contributed by atoms with E-state index in [0.717, 1.165) is 17.0 Å². The molecule has 0 saturated carbocycles. The van der Waals surface area contributed by atoms with E-state index in [1.165, 1.54) is 0 Å². The number of aryl methyl sites for hydroxylation is 1. The Bertz CT molecular complexity index is 1170. The van der Waals surface area contributed by atoms with Crippen LogP contribution >= 0.6 is 11.6 Å². The zero-order chi connectivity index (χ0) is 23.4. The largest absolute Gasteiger partial charge is 0.481 e. The second-order valence-corrected chi connectivity index (χ2v) is 8.70. The Morgan fingerprint density at radius 1 is 1.12 bits per heavy atom. The molecule has 1 aliphatic rings. The molecule has 7 nitrogen and oxygen atoms in total. The molecule has 1 amide bonds. The third-order valence-electron chi connectivity index (χ3n) is 5.68. The van der Waals surface area contributed by atoms with E-state index in [4.69, 9.17) is 31.4 Å². The van der Waals surface area contributed by atoms with Gasteiger partial charge in [0.15, 0.2) is 0 Å². The molecule has 1 atom stereocenters. The van der Waals surface area contributed by atoms with Crippen LogP contribution in [0, 0.1) is 0 Å². The average Bonchev–Trinajstić information content (AvgIpc) is 2.81. The van der Waals surface area contributed by atoms with E-state index < -0.39 is 5.97 Å². The fourth-order valence-electron chi connectivity index (χ4n) is 3.99. The lowest BCUT2D eigenvalue weighted by Gasteiger charge is -2.31. The van der Waals surface area contributed by atoms with Gasteiger partial charge < -0.3 is 14.7 Å². The van der Waals surface area contributed by atoms with E-state index in [1.807, 2.05) is 37.3 Å². The highest BCUT2D eigenvalue weighted by molar-refractivity contribution is 6.30. The number of benzene rings is 2. The van der Waals surface area contributed by atoms with Gasteiger partial charge in [-0.3, -0.25) is 9.59 Å². The van der Waals surface area contributed by atoms with Crippen LogP contribution in [-0.2, 0) is 16.0 Å². The van der Waals surface area contributed by atoms with Crippen LogP contribution in [-0.4, -0.2) is 57.7 Å². The predicted molar refractivity (Wildman–Crippen MR) is 126 cm³/mol. The van der Waals surface area contributed by atoms with Crippen molar-refractivity contribution < 1.29 is 19.4 Å². The van der Waals surface area contributed by atoms with Gasteiger partial charge >= 0.3 is 5.97 Å². The number of halogens is 1. The molecule has 4 rings (SSSR count). The Balaban J connectivity index is 1.67. The summed E-state index contributed by atoms with van der Waals surface area (Å²) in [6, 6.07) is 12.8. The summed E-state index contributed by atoms with van der Waals surface area (Å²) >= 11 is 6.05. The summed E-state index contributed by atoms with van der Waals surface area (Å²) < 4.78 is 5.54. The summed E-state index contributed by atoms with van der Waals surface area (Å²) in [4.78, 5) is 35.4. The first kappa shape index (κ1) is 23.1. The lowest BCUT2D eigenvalue weighted by Crippen LogP contribution is -2.44. The summed E-state index contributed by atoms with van der Waals surface area (Å²) in [5.41, 5.74) is 4.33. The second kappa shape index (κ2) is 10.3. The molecule has 1 unspecified atom stereocenters. The van der Waals surface area contributed by atoms with Gasteiger partial charge in [0.25, 0.3) is 5.91 Å². The molecule has 0 bridgehead atoms. The zero-order valence-electron chi connectivity index (χ0n) is 18.5. The molecule has 1 N–H and O–H groups in total. The van der Waals surface area contributed by atoms with Crippen molar-refractivity contribution in [2.75, 3.05) is 19.7 Å². The van der Waals surface area contributed by atoms with Crippen molar-refractivity contribution >= 4 is 34.5 Å². The van der Waals surface area contributed by atoms with Crippen LogP contribution in [0.15, 0.2) is 42.5 Å². The van der Waals surface area contributed by atoms with Crippen LogP contribution in [0.2, 0.25) is 5.02 Å². The highest BCUT2D eigenvalue weighted by Gasteiger charge is 2.23. The van der Waals surface area contributed by atoms with Crippen molar-refractivity contribution in [3.8, 4) is 11.3 Å². The summed E-state index contributed by atoms with van der Waals surface area (Å²) in [6.07, 6.45) is 1.96. The normalized spacial score (nSPS) is 16.2. The first-order valence-electron chi connectivity index (χ1n) is 11.1. The highest BCUT2D eigenvalue weighted by atomic mass is 35.5. The number of rotatable bonds is 7. The number of aromatic nitrogens is 2. The first-order chi connectivity index (χ1) is 15.9. The van der Waals surface area contributed by atoms with Gasteiger partial charge in [-0.25, -0.2) is 9.97 Å². The lowest BCUT2D eigenvalue weighted by atomic mass is 10.0. The number of carboxylic acid groups (broad SMARTS) is 1. The van der Waals surface area contributed by atoms with Crippen molar-refractivity contribution in [2.24, 2.45) is 0 Å². The molecule has 0 spiro atoms. The molecule has 172 valence electrons. The van der Waals surface area contributed by atoms with Crippen LogP contribution < -0.4 is 0 Å². The fourth-order valence-corrected chi connectivity index (χ4v) is 4.12. The third kappa shape index (κ3) is 5.67. The smallest absolute Gasteiger partial charge is 0.303 e. The van der Waals surface area contributed by atoms with Crippen LogP contribution in [0.4, 0.5) is 0 Å². The molecular weight excluding hydrogens is 442 g/mol. The van der Waals surface area contributed by atoms with Crippen LogP contribution in [0.1, 0.15) is 42.2 Å². The molecule has 1 saturated heterocycles. The van der Waals surface area contributed by atoms with E-state index in [0.29, 0.717) is 60.6 Å². The number of hydrogen-bond donors (Lipinski definition) is 1. The Kier molecular flexibility index (Phi) is 7.20. The number of morpholine rings is 1. The molecule has 2 aromatic carbocycles. The van der Waals surface area contributed by atoms with Crippen molar-refractivity contribution in [1.29, 1.82) is 0 Å². The number of unbranched alkanes of at least 4 members (excludes halogenated alkanes) is 1. The quantitative estimate of drug-likeness (QED) is 0.510. The molecule has 2 heterocycles. The SMILES string of the molecule is CC1CN(C(=O)c2ccc3nc(-c4ccc(Cl)cc4)c(CCCCC(=O)O)nc3c2)CCO1. The number of carboxylic acids is 1. The van der Waals surface area contributed by atoms with Crippen LogP contribution in [0.5, 0.6) is 0 Å². The summed E-state index contributed by atoms with van der Waals surface area (Å²) in [6.45, 7) is 3.62. The van der Waals surface area contributed by atoms with Gasteiger partial charge in [0.2, 0.25) is 0 Å². The van der Waals surface area contributed by atoms with Gasteiger partial charge in [-0.15, -0.1) is 0 Å². The molecule has 3 aromatic rings. The van der Waals surface area contributed by atoms with Crippen LogP contribution in [0.3, 0.4) is 0 Å². The minimum Gasteiger partial charge on any atom is -0.481 e. The fraction of sp³-hybridized carbons (Fsp3) is 0.360. The number of ether oxygens (including phenoxy) is 1. The van der Waals surface area contributed by atoms with Gasteiger partial charge in [0.1, 0.15) is 0 Å². The summed E-state index contributed by atoms with van der Waals surface area (Å²) in [5.74, 6) is -0.850. The minimum absolute atomic E-state index is 0.0160. The predicted octanol–water partition coefficient (Wildman–Crippen LogP) is 4.61. The number of amides is 1. The minimum atomic E-state index is -0.807. The lowest BCUT2D eigenvalue weighted by molar-refractivity contribution is -0.137. The van der Waals surface area contributed by atoms with Gasteiger partial charge in [-0.2, -0.15) is 0 Å². The number of nitrogens with zero attached hydrogens (tertiary/aromatic N) is 3. The number of carbonyl (C=O) groups excluding carboxylic acids is 1. The van der Waals surface area contributed by atoms with E-state index in [2.05, 4.69) is 0 Å². The monoisotopic (exact) mass is 467 g/mol. The zero-order valence-corrected chi connectivity index (χ0v) is 19.2. The molecular formula is C25H26ClN3O4. The third-order valence-corrected chi connectivity index (χ3v) is 5.94. The van der Waals surface area contributed by atoms with Gasteiger partial charge in [-0.1, -0.05) is 23.7 Å². The number of hydrogen-bond acceptors (Lipinski definition) is 5. The standard InChI is InChI=1S/C25H26ClN3O4/c1-16-15-29(12-13-33-16)25(32)18-8-11-20-22(14-18)27-21(4-2-3-5-23(30)31)24(28-20)17-6-9-19(26)10-7-17/h6-11,14,16H,2-5,12-13,15H2,1H3,(H,30,31). The van der Waals surface area contributed by atoms with Crippen molar-refractivity contribution in [1.82, 2.24) is 14.9 Å². The molecule has 33 heavy (non-hydrogen) atoms. The number of aliphatic carboxylic acids is 1. The highest BCUT2D eigenvalue weighted by Crippen LogP contribution is 2.27. The topological polar surface area (TPSA) is 92.6 Å². The Hall–Kier alpha value is -3.03. The number of carbonyl (C=O) groups is 2. The first-order valence-corrected chi connectivity index (χ1v) is 11.5. The van der Waals surface area contributed by atoms with Gasteiger partial charge in [0, 0.05) is 35.7 Å². The van der Waals surface area contributed by atoms with Crippen LogP contribution in [0.25, 0.3) is 22.3 Å². The Morgan fingerprint density at radius 2 is 1.91 bits per heavy atom. The van der Waals surface area contributed by atoms with Crippen molar-refractivity contribution in [3.05, 3.63) is 58.7 Å². The van der Waals surface area contributed by atoms with E-state index in [-0.39, 0.29) is 18.4 Å². The average molecular weight is 468 g/mol. The molecule has 1 aromatic heterocycles.